The average Bonchev–Trinajstić information content (AvgIpc) is 2.42. The van der Waals surface area contributed by atoms with Gasteiger partial charge in [0.15, 0.2) is 6.61 Å². The Kier molecular flexibility index (Phi) is 4.48. The number of hydrogen-bond donors (Lipinski definition) is 2. The van der Waals surface area contributed by atoms with E-state index in [1.807, 2.05) is 31.2 Å². The fourth-order valence-corrected chi connectivity index (χ4v) is 1.72. The minimum atomic E-state index is -0.257. The first-order valence-electron chi connectivity index (χ1n) is 6.09. The van der Waals surface area contributed by atoms with Gasteiger partial charge in [-0.1, -0.05) is 29.3 Å². The first-order chi connectivity index (χ1) is 9.54. The monoisotopic (exact) mass is 290 g/mol. The summed E-state index contributed by atoms with van der Waals surface area (Å²) < 4.78 is 5.38. The van der Waals surface area contributed by atoms with Crippen LogP contribution in [0.2, 0.25) is 5.02 Å². The van der Waals surface area contributed by atoms with E-state index in [0.29, 0.717) is 22.1 Å². The molecule has 0 spiro atoms. The van der Waals surface area contributed by atoms with Crippen molar-refractivity contribution >= 4 is 28.9 Å². The van der Waals surface area contributed by atoms with Gasteiger partial charge in [-0.05, 0) is 37.3 Å². The van der Waals surface area contributed by atoms with Crippen LogP contribution >= 0.6 is 11.6 Å². The third-order valence-corrected chi connectivity index (χ3v) is 3.01. The van der Waals surface area contributed by atoms with Crippen LogP contribution in [0.4, 0.5) is 11.4 Å². The van der Waals surface area contributed by atoms with Crippen LogP contribution in [0.25, 0.3) is 0 Å². The van der Waals surface area contributed by atoms with E-state index < -0.39 is 0 Å². The number of amides is 1. The van der Waals surface area contributed by atoms with Gasteiger partial charge in [-0.3, -0.25) is 4.79 Å². The van der Waals surface area contributed by atoms with Gasteiger partial charge in [-0.2, -0.15) is 0 Å². The molecule has 0 bridgehead atoms. The Morgan fingerprint density at radius 2 is 1.95 bits per heavy atom. The highest BCUT2D eigenvalue weighted by Gasteiger charge is 2.05. The summed E-state index contributed by atoms with van der Waals surface area (Å²) in [6.45, 7) is 1.92. The van der Waals surface area contributed by atoms with E-state index in [2.05, 4.69) is 5.32 Å². The molecule has 0 radical (unpaired) electrons. The number of nitrogens with two attached hydrogens (primary N) is 1. The highest BCUT2D eigenvalue weighted by Crippen LogP contribution is 2.22. The molecule has 0 saturated heterocycles. The van der Waals surface area contributed by atoms with E-state index in [4.69, 9.17) is 22.1 Å². The van der Waals surface area contributed by atoms with Crippen molar-refractivity contribution in [2.75, 3.05) is 17.7 Å². The zero-order chi connectivity index (χ0) is 14.5. The number of carbonyl (C=O) groups excluding carboxylic acids is 1. The standard InChI is InChI=1S/C15H15ClN2O2/c1-10-2-5-12(6-3-10)20-9-15(19)18-11-4-7-13(16)14(17)8-11/h2-8H,9,17H2,1H3,(H,18,19). The molecular formula is C15H15ClN2O2. The molecule has 0 fully saturated rings. The van der Waals surface area contributed by atoms with Crippen LogP contribution in [-0.4, -0.2) is 12.5 Å². The Bertz CT molecular complexity index is 612. The first-order valence-corrected chi connectivity index (χ1v) is 6.47. The number of halogens is 1. The molecule has 4 nitrogen and oxygen atoms in total. The molecule has 1 amide bonds. The Morgan fingerprint density at radius 3 is 2.60 bits per heavy atom. The van der Waals surface area contributed by atoms with Crippen molar-refractivity contribution in [3.8, 4) is 5.75 Å². The number of hydrogen-bond acceptors (Lipinski definition) is 3. The highest BCUT2D eigenvalue weighted by molar-refractivity contribution is 6.33. The zero-order valence-corrected chi connectivity index (χ0v) is 11.8. The Balaban J connectivity index is 1.89. The van der Waals surface area contributed by atoms with Crippen molar-refractivity contribution in [3.63, 3.8) is 0 Å². The maximum Gasteiger partial charge on any atom is 0.262 e. The van der Waals surface area contributed by atoms with Gasteiger partial charge in [0.25, 0.3) is 5.91 Å². The molecule has 0 heterocycles. The van der Waals surface area contributed by atoms with Crippen molar-refractivity contribution in [2.45, 2.75) is 6.92 Å². The molecule has 0 aliphatic rings. The van der Waals surface area contributed by atoms with E-state index in [-0.39, 0.29) is 12.5 Å². The Hall–Kier alpha value is -2.20. The number of nitrogen functional groups attached to an aromatic ring is 1. The smallest absolute Gasteiger partial charge is 0.262 e. The van der Waals surface area contributed by atoms with Crippen molar-refractivity contribution < 1.29 is 9.53 Å². The topological polar surface area (TPSA) is 64.3 Å². The summed E-state index contributed by atoms with van der Waals surface area (Å²) in [4.78, 5) is 11.7. The lowest BCUT2D eigenvalue weighted by atomic mass is 10.2. The van der Waals surface area contributed by atoms with Crippen LogP contribution in [0, 0.1) is 6.92 Å². The van der Waals surface area contributed by atoms with Crippen LogP contribution in [-0.2, 0) is 4.79 Å². The minimum absolute atomic E-state index is 0.0639. The summed E-state index contributed by atoms with van der Waals surface area (Å²) in [5.41, 5.74) is 7.81. The molecule has 2 aromatic carbocycles. The molecule has 0 atom stereocenters. The first kappa shape index (κ1) is 14.2. The second-order valence-electron chi connectivity index (χ2n) is 4.39. The summed E-state index contributed by atoms with van der Waals surface area (Å²) in [5, 5.41) is 3.15. The van der Waals surface area contributed by atoms with Crippen molar-refractivity contribution in [1.29, 1.82) is 0 Å². The quantitative estimate of drug-likeness (QED) is 0.850. The lowest BCUT2D eigenvalue weighted by Gasteiger charge is -2.08. The summed E-state index contributed by atoms with van der Waals surface area (Å²) in [7, 11) is 0. The number of benzene rings is 2. The fraction of sp³-hybridized carbons (Fsp3) is 0.133. The SMILES string of the molecule is Cc1ccc(OCC(=O)Nc2ccc(Cl)c(N)c2)cc1. The van der Waals surface area contributed by atoms with E-state index >= 15 is 0 Å². The number of nitrogens with one attached hydrogen (secondary N) is 1. The summed E-state index contributed by atoms with van der Waals surface area (Å²) in [6, 6.07) is 12.4. The van der Waals surface area contributed by atoms with Gasteiger partial charge < -0.3 is 15.8 Å². The van der Waals surface area contributed by atoms with Gasteiger partial charge >= 0.3 is 0 Å². The Labute approximate surface area is 122 Å². The van der Waals surface area contributed by atoms with Crippen molar-refractivity contribution in [2.24, 2.45) is 0 Å². The second kappa shape index (κ2) is 6.30. The van der Waals surface area contributed by atoms with E-state index in [1.165, 1.54) is 0 Å². The third kappa shape index (κ3) is 3.90. The number of aryl methyl sites for hydroxylation is 1. The molecular weight excluding hydrogens is 276 g/mol. The van der Waals surface area contributed by atoms with Crippen molar-refractivity contribution in [3.05, 3.63) is 53.1 Å². The van der Waals surface area contributed by atoms with Crippen LogP contribution in [0.3, 0.4) is 0 Å². The van der Waals surface area contributed by atoms with Crippen LogP contribution in [0.15, 0.2) is 42.5 Å². The number of anilines is 2. The molecule has 0 aliphatic carbocycles. The summed E-state index contributed by atoms with van der Waals surface area (Å²) in [6.07, 6.45) is 0. The van der Waals surface area contributed by atoms with Gasteiger partial charge in [0.05, 0.1) is 10.7 Å². The van der Waals surface area contributed by atoms with Gasteiger partial charge in [0.1, 0.15) is 5.75 Å². The molecule has 0 aromatic heterocycles. The zero-order valence-electron chi connectivity index (χ0n) is 11.0. The van der Waals surface area contributed by atoms with E-state index in [0.717, 1.165) is 5.56 Å². The molecule has 3 N–H and O–H groups in total. The largest absolute Gasteiger partial charge is 0.484 e. The maximum absolute atomic E-state index is 11.7. The van der Waals surface area contributed by atoms with E-state index in [1.54, 1.807) is 18.2 Å². The molecule has 2 aromatic rings. The second-order valence-corrected chi connectivity index (χ2v) is 4.79. The third-order valence-electron chi connectivity index (χ3n) is 2.67. The summed E-state index contributed by atoms with van der Waals surface area (Å²) >= 11 is 5.81. The van der Waals surface area contributed by atoms with Gasteiger partial charge in [-0.15, -0.1) is 0 Å². The molecule has 0 unspecified atom stereocenters. The van der Waals surface area contributed by atoms with Crippen molar-refractivity contribution in [1.82, 2.24) is 0 Å². The number of carbonyl (C=O) groups is 1. The lowest BCUT2D eigenvalue weighted by molar-refractivity contribution is -0.118. The minimum Gasteiger partial charge on any atom is -0.484 e. The molecule has 0 saturated carbocycles. The van der Waals surface area contributed by atoms with Gasteiger partial charge in [0.2, 0.25) is 0 Å². The fourth-order valence-electron chi connectivity index (χ4n) is 1.60. The van der Waals surface area contributed by atoms with Crippen LogP contribution < -0.4 is 15.8 Å². The Morgan fingerprint density at radius 1 is 1.25 bits per heavy atom. The number of ether oxygens (including phenoxy) is 1. The molecule has 104 valence electrons. The van der Waals surface area contributed by atoms with Crippen LogP contribution in [0.1, 0.15) is 5.56 Å². The number of rotatable bonds is 4. The lowest BCUT2D eigenvalue weighted by Crippen LogP contribution is -2.20. The maximum atomic E-state index is 11.7. The van der Waals surface area contributed by atoms with Gasteiger partial charge in [-0.25, -0.2) is 0 Å². The molecule has 20 heavy (non-hydrogen) atoms. The average molecular weight is 291 g/mol. The summed E-state index contributed by atoms with van der Waals surface area (Å²) in [5.74, 6) is 0.397. The molecule has 5 heteroatoms. The normalized spacial score (nSPS) is 10.1. The molecule has 2 rings (SSSR count). The predicted molar refractivity (Wildman–Crippen MR) is 81.2 cm³/mol. The highest BCUT2D eigenvalue weighted by atomic mass is 35.5. The predicted octanol–water partition coefficient (Wildman–Crippen LogP) is 3.25. The van der Waals surface area contributed by atoms with Gasteiger partial charge in [0, 0.05) is 5.69 Å². The van der Waals surface area contributed by atoms with Crippen LogP contribution in [0.5, 0.6) is 5.75 Å². The molecule has 0 aliphatic heterocycles. The van der Waals surface area contributed by atoms with E-state index in [9.17, 15) is 4.79 Å².